The summed E-state index contributed by atoms with van der Waals surface area (Å²) in [5.41, 5.74) is 4.15. The zero-order valence-corrected chi connectivity index (χ0v) is 19.2. The molecule has 0 aliphatic carbocycles. The normalized spacial score (nSPS) is 14.6. The lowest BCUT2D eigenvalue weighted by Gasteiger charge is -2.31. The van der Waals surface area contributed by atoms with E-state index in [4.69, 9.17) is 9.90 Å². The Hall–Kier alpha value is -3.71. The van der Waals surface area contributed by atoms with Crippen molar-refractivity contribution in [2.24, 2.45) is 13.0 Å². The van der Waals surface area contributed by atoms with E-state index < -0.39 is 12.1 Å². The molecule has 1 saturated heterocycles. The summed E-state index contributed by atoms with van der Waals surface area (Å²) in [5.74, 6) is -0.969. The Kier molecular flexibility index (Phi) is 8.60. The first-order valence-corrected chi connectivity index (χ1v) is 11.1. The number of carboxylic acids is 1. The van der Waals surface area contributed by atoms with Gasteiger partial charge in [-0.3, -0.25) is 4.90 Å². The van der Waals surface area contributed by atoms with Crippen molar-refractivity contribution in [2.45, 2.75) is 32.0 Å². The van der Waals surface area contributed by atoms with Gasteiger partial charge in [-0.25, -0.2) is 4.79 Å². The molecule has 3 aromatic rings. The van der Waals surface area contributed by atoms with Crippen molar-refractivity contribution in [1.29, 1.82) is 5.26 Å². The number of likely N-dealkylation sites (tertiary alicyclic amines) is 1. The van der Waals surface area contributed by atoms with Crippen LogP contribution in [0.3, 0.4) is 0 Å². The third-order valence-corrected chi connectivity index (χ3v) is 5.94. The molecular formula is C25H26F3N5O2. The highest BCUT2D eigenvalue weighted by atomic mass is 19.4. The largest absolute Gasteiger partial charge is 0.490 e. The van der Waals surface area contributed by atoms with Crippen molar-refractivity contribution in [3.05, 3.63) is 71.8 Å². The second-order valence-corrected chi connectivity index (χ2v) is 8.44. The summed E-state index contributed by atoms with van der Waals surface area (Å²) in [6.45, 7) is 3.24. The van der Waals surface area contributed by atoms with E-state index in [1.165, 1.54) is 18.4 Å². The van der Waals surface area contributed by atoms with Gasteiger partial charge >= 0.3 is 12.1 Å². The number of nitrogens with zero attached hydrogens (tertiary/aromatic N) is 5. The van der Waals surface area contributed by atoms with Crippen LogP contribution in [0.2, 0.25) is 0 Å². The number of rotatable bonds is 5. The maximum atomic E-state index is 10.6. The minimum absolute atomic E-state index is 0.698. The van der Waals surface area contributed by atoms with Gasteiger partial charge in [0.05, 0.1) is 11.6 Å². The molecule has 1 N–H and O–H groups in total. The number of aromatic nitrogens is 3. The van der Waals surface area contributed by atoms with Gasteiger partial charge in [-0.05, 0) is 54.6 Å². The van der Waals surface area contributed by atoms with Gasteiger partial charge in [0.15, 0.2) is 0 Å². The van der Waals surface area contributed by atoms with Crippen LogP contribution in [0.15, 0.2) is 54.9 Å². The molecule has 0 spiro atoms. The predicted molar refractivity (Wildman–Crippen MR) is 123 cm³/mol. The zero-order valence-electron chi connectivity index (χ0n) is 19.2. The van der Waals surface area contributed by atoms with E-state index in [1.807, 2.05) is 35.9 Å². The third-order valence-electron chi connectivity index (χ3n) is 5.94. The first-order valence-electron chi connectivity index (χ1n) is 11.1. The Morgan fingerprint density at radius 3 is 2.31 bits per heavy atom. The highest BCUT2D eigenvalue weighted by Gasteiger charge is 2.38. The second-order valence-electron chi connectivity index (χ2n) is 8.44. The summed E-state index contributed by atoms with van der Waals surface area (Å²) in [6, 6.07) is 18.7. The van der Waals surface area contributed by atoms with Crippen molar-refractivity contribution in [2.75, 3.05) is 13.1 Å². The van der Waals surface area contributed by atoms with Crippen LogP contribution in [-0.4, -0.2) is 50.0 Å². The maximum absolute atomic E-state index is 10.6. The molecule has 0 atom stereocenters. The van der Waals surface area contributed by atoms with Crippen LogP contribution in [0.25, 0.3) is 11.1 Å². The summed E-state index contributed by atoms with van der Waals surface area (Å²) >= 11 is 0. The van der Waals surface area contributed by atoms with Crippen LogP contribution in [0.1, 0.15) is 29.8 Å². The maximum Gasteiger partial charge on any atom is 0.490 e. The highest BCUT2D eigenvalue weighted by Crippen LogP contribution is 2.25. The number of carboxylic acid groups (broad SMARTS) is 1. The molecule has 35 heavy (non-hydrogen) atoms. The van der Waals surface area contributed by atoms with Crippen molar-refractivity contribution in [1.82, 2.24) is 19.7 Å². The van der Waals surface area contributed by atoms with Crippen LogP contribution in [0, 0.1) is 17.2 Å². The Morgan fingerprint density at radius 1 is 1.14 bits per heavy atom. The van der Waals surface area contributed by atoms with Gasteiger partial charge in [-0.2, -0.15) is 18.4 Å². The average molecular weight is 486 g/mol. The Labute approximate surface area is 201 Å². The van der Waals surface area contributed by atoms with Crippen LogP contribution in [-0.2, 0) is 24.8 Å². The smallest absolute Gasteiger partial charge is 0.475 e. The molecular weight excluding hydrogens is 459 g/mol. The van der Waals surface area contributed by atoms with Crippen LogP contribution < -0.4 is 0 Å². The average Bonchev–Trinajstić information content (AvgIpc) is 3.25. The molecule has 2 heterocycles. The lowest BCUT2D eigenvalue weighted by molar-refractivity contribution is -0.192. The quantitative estimate of drug-likeness (QED) is 0.574. The number of carbonyl (C=O) groups is 1. The predicted octanol–water partition coefficient (Wildman–Crippen LogP) is 4.44. The number of benzene rings is 2. The third kappa shape index (κ3) is 7.39. The molecule has 1 aromatic heterocycles. The van der Waals surface area contributed by atoms with E-state index in [9.17, 15) is 18.4 Å². The van der Waals surface area contributed by atoms with Crippen LogP contribution in [0.5, 0.6) is 0 Å². The van der Waals surface area contributed by atoms with Crippen molar-refractivity contribution in [3.63, 3.8) is 0 Å². The van der Waals surface area contributed by atoms with E-state index in [2.05, 4.69) is 45.4 Å². The molecule has 4 rings (SSSR count). The molecule has 0 amide bonds. The van der Waals surface area contributed by atoms with E-state index in [0.29, 0.717) is 5.92 Å². The van der Waals surface area contributed by atoms with E-state index in [1.54, 1.807) is 6.33 Å². The fourth-order valence-corrected chi connectivity index (χ4v) is 3.98. The van der Waals surface area contributed by atoms with E-state index >= 15 is 0 Å². The number of hydrogen-bond donors (Lipinski definition) is 1. The van der Waals surface area contributed by atoms with E-state index in [-0.39, 0.29) is 0 Å². The first-order chi connectivity index (χ1) is 16.7. The molecule has 1 aliphatic rings. The summed E-state index contributed by atoms with van der Waals surface area (Å²) in [7, 11) is 2.02. The second kappa shape index (κ2) is 11.6. The molecule has 0 bridgehead atoms. The lowest BCUT2D eigenvalue weighted by Crippen LogP contribution is -2.34. The van der Waals surface area contributed by atoms with Crippen molar-refractivity contribution in [3.8, 4) is 17.2 Å². The van der Waals surface area contributed by atoms with Gasteiger partial charge in [0.1, 0.15) is 12.2 Å². The summed E-state index contributed by atoms with van der Waals surface area (Å²) in [4.78, 5) is 11.4. The number of hydrogen-bond acceptors (Lipinski definition) is 5. The first kappa shape index (κ1) is 25.9. The lowest BCUT2D eigenvalue weighted by atomic mass is 9.93. The summed E-state index contributed by atoms with van der Waals surface area (Å²) in [5, 5.41) is 24.6. The number of alkyl halides is 3. The SMILES string of the molecule is Cn1cnnc1CC1CCN(Cc2ccc(-c3ccccc3C#N)cc2)CC1.O=C(O)C(F)(F)F. The van der Waals surface area contributed by atoms with Gasteiger partial charge in [0.25, 0.3) is 0 Å². The highest BCUT2D eigenvalue weighted by molar-refractivity contribution is 5.73. The molecule has 1 fully saturated rings. The molecule has 7 nitrogen and oxygen atoms in total. The van der Waals surface area contributed by atoms with Crippen LogP contribution in [0.4, 0.5) is 13.2 Å². The number of piperidine rings is 1. The standard InChI is InChI=1S/C23H25N5.C2HF3O2/c1-27-17-25-26-23(27)14-18-10-12-28(13-11-18)16-19-6-8-20(9-7-19)22-5-3-2-4-21(22)15-24;3-2(4,5)1(6)7/h2-9,17-18H,10-14,16H2,1H3;(H,6,7). The molecule has 0 radical (unpaired) electrons. The monoisotopic (exact) mass is 485 g/mol. The number of nitriles is 1. The van der Waals surface area contributed by atoms with E-state index in [0.717, 1.165) is 48.6 Å². The zero-order chi connectivity index (χ0) is 25.4. The summed E-state index contributed by atoms with van der Waals surface area (Å²) < 4.78 is 33.8. The Bertz CT molecular complexity index is 1160. The van der Waals surface area contributed by atoms with Crippen molar-refractivity contribution >= 4 is 5.97 Å². The minimum Gasteiger partial charge on any atom is -0.475 e. The molecule has 0 unspecified atom stereocenters. The Morgan fingerprint density at radius 2 is 1.77 bits per heavy atom. The molecule has 0 saturated carbocycles. The number of aliphatic carboxylic acids is 1. The minimum atomic E-state index is -5.08. The fourth-order valence-electron chi connectivity index (χ4n) is 3.98. The van der Waals surface area contributed by atoms with Gasteiger partial charge < -0.3 is 9.67 Å². The number of aryl methyl sites for hydroxylation is 1. The topological polar surface area (TPSA) is 95.0 Å². The van der Waals surface area contributed by atoms with Gasteiger partial charge in [-0.15, -0.1) is 10.2 Å². The van der Waals surface area contributed by atoms with Gasteiger partial charge in [0.2, 0.25) is 0 Å². The molecule has 1 aliphatic heterocycles. The molecule has 10 heteroatoms. The number of halogens is 3. The fraction of sp³-hybridized carbons (Fsp3) is 0.360. The van der Waals surface area contributed by atoms with Gasteiger partial charge in [0, 0.05) is 20.0 Å². The molecule has 184 valence electrons. The molecule has 2 aromatic carbocycles. The van der Waals surface area contributed by atoms with Crippen molar-refractivity contribution < 1.29 is 23.1 Å². The Balaban J connectivity index is 0.000000429. The summed E-state index contributed by atoms with van der Waals surface area (Å²) in [6.07, 6.45) is 0.140. The van der Waals surface area contributed by atoms with Gasteiger partial charge in [-0.1, -0.05) is 42.5 Å². The van der Waals surface area contributed by atoms with Crippen LogP contribution >= 0.6 is 0 Å².